The molecule has 1 heterocycles. The van der Waals surface area contributed by atoms with E-state index in [0.717, 1.165) is 30.6 Å². The summed E-state index contributed by atoms with van der Waals surface area (Å²) < 4.78 is 0. The zero-order valence-electron chi connectivity index (χ0n) is 15.3. The lowest BCUT2D eigenvalue weighted by molar-refractivity contribution is -0.119. The lowest BCUT2D eigenvalue weighted by Crippen LogP contribution is -2.35. The Balaban J connectivity index is 1.65. The van der Waals surface area contributed by atoms with Gasteiger partial charge in [-0.1, -0.05) is 12.1 Å². The van der Waals surface area contributed by atoms with E-state index in [1.807, 2.05) is 42.5 Å². The third-order valence-corrected chi connectivity index (χ3v) is 5.42. The number of nitrogens with zero attached hydrogens (tertiary/aromatic N) is 2. The highest BCUT2D eigenvalue weighted by Crippen LogP contribution is 2.22. The number of amides is 2. The van der Waals surface area contributed by atoms with Crippen LogP contribution in [0.2, 0.25) is 0 Å². The Morgan fingerprint density at radius 1 is 1.08 bits per heavy atom. The molecule has 0 spiro atoms. The summed E-state index contributed by atoms with van der Waals surface area (Å²) >= 11 is 1.70. The first-order valence-electron chi connectivity index (χ1n) is 8.87. The van der Waals surface area contributed by atoms with E-state index in [4.69, 9.17) is 0 Å². The molecule has 0 N–H and O–H groups in total. The van der Waals surface area contributed by atoms with Gasteiger partial charge in [-0.05, 0) is 61.1 Å². The Morgan fingerprint density at radius 2 is 1.77 bits per heavy atom. The maximum atomic E-state index is 12.7. The Bertz CT molecular complexity index is 772. The van der Waals surface area contributed by atoms with Crippen molar-refractivity contribution < 1.29 is 9.59 Å². The minimum atomic E-state index is -0.0181. The van der Waals surface area contributed by atoms with Gasteiger partial charge in [0.1, 0.15) is 0 Å². The predicted octanol–water partition coefficient (Wildman–Crippen LogP) is 4.20. The summed E-state index contributed by atoms with van der Waals surface area (Å²) in [7, 11) is 1.81. The third kappa shape index (κ3) is 4.28. The number of hydrogen-bond acceptors (Lipinski definition) is 3. The first kappa shape index (κ1) is 18.5. The van der Waals surface area contributed by atoms with Crippen LogP contribution in [0.3, 0.4) is 0 Å². The predicted molar refractivity (Wildman–Crippen MR) is 107 cm³/mol. The van der Waals surface area contributed by atoms with Crippen molar-refractivity contribution in [3.8, 4) is 0 Å². The Hall–Kier alpha value is -2.27. The Morgan fingerprint density at radius 3 is 2.38 bits per heavy atom. The van der Waals surface area contributed by atoms with Crippen LogP contribution in [0.15, 0.2) is 53.4 Å². The molecule has 0 aliphatic carbocycles. The van der Waals surface area contributed by atoms with Gasteiger partial charge in [0.05, 0.1) is 0 Å². The fraction of sp³-hybridized carbons (Fsp3) is 0.333. The van der Waals surface area contributed by atoms with Crippen molar-refractivity contribution >= 4 is 29.3 Å². The van der Waals surface area contributed by atoms with E-state index < -0.39 is 0 Å². The summed E-state index contributed by atoms with van der Waals surface area (Å²) in [5.41, 5.74) is 2.62. The van der Waals surface area contributed by atoms with Crippen molar-refractivity contribution in [2.24, 2.45) is 0 Å². The topological polar surface area (TPSA) is 40.6 Å². The van der Waals surface area contributed by atoms with Gasteiger partial charge in [-0.3, -0.25) is 9.59 Å². The second-order valence-corrected chi connectivity index (χ2v) is 7.44. The average Bonchev–Trinajstić information content (AvgIpc) is 2.68. The van der Waals surface area contributed by atoms with Gasteiger partial charge < -0.3 is 9.80 Å². The number of benzene rings is 2. The number of anilines is 1. The SMILES string of the molecule is CSc1ccc(CN(C)C(=O)c2ccc(N3CCCCC3=O)cc2)cc1. The van der Waals surface area contributed by atoms with E-state index >= 15 is 0 Å². The van der Waals surface area contributed by atoms with Crippen molar-refractivity contribution in [1.82, 2.24) is 4.90 Å². The molecule has 0 bridgehead atoms. The summed E-state index contributed by atoms with van der Waals surface area (Å²) in [5, 5.41) is 0. The zero-order chi connectivity index (χ0) is 18.5. The molecular formula is C21H24N2O2S. The van der Waals surface area contributed by atoms with Gasteiger partial charge in [0.25, 0.3) is 5.91 Å². The molecule has 1 fully saturated rings. The molecule has 5 heteroatoms. The van der Waals surface area contributed by atoms with Gasteiger partial charge in [-0.25, -0.2) is 0 Å². The van der Waals surface area contributed by atoms with E-state index in [2.05, 4.69) is 24.3 Å². The third-order valence-electron chi connectivity index (χ3n) is 4.67. The van der Waals surface area contributed by atoms with Gasteiger partial charge in [-0.15, -0.1) is 11.8 Å². The van der Waals surface area contributed by atoms with Gasteiger partial charge in [0.2, 0.25) is 5.91 Å². The maximum Gasteiger partial charge on any atom is 0.253 e. The first-order valence-corrected chi connectivity index (χ1v) is 10.1. The van der Waals surface area contributed by atoms with Gasteiger partial charge in [-0.2, -0.15) is 0 Å². The van der Waals surface area contributed by atoms with E-state index in [-0.39, 0.29) is 11.8 Å². The van der Waals surface area contributed by atoms with Crippen molar-refractivity contribution in [2.75, 3.05) is 24.7 Å². The molecule has 0 radical (unpaired) electrons. The minimum Gasteiger partial charge on any atom is -0.337 e. The molecule has 2 aromatic rings. The molecule has 0 unspecified atom stereocenters. The van der Waals surface area contributed by atoms with Crippen LogP contribution in [0.1, 0.15) is 35.2 Å². The van der Waals surface area contributed by atoms with E-state index in [0.29, 0.717) is 18.5 Å². The van der Waals surface area contributed by atoms with E-state index in [9.17, 15) is 9.59 Å². The molecule has 1 saturated heterocycles. The number of hydrogen-bond donors (Lipinski definition) is 0. The second kappa shape index (κ2) is 8.41. The quantitative estimate of drug-likeness (QED) is 0.743. The van der Waals surface area contributed by atoms with Crippen LogP contribution in [0, 0.1) is 0 Å². The van der Waals surface area contributed by atoms with Crippen LogP contribution in [-0.2, 0) is 11.3 Å². The average molecular weight is 369 g/mol. The highest BCUT2D eigenvalue weighted by atomic mass is 32.2. The summed E-state index contributed by atoms with van der Waals surface area (Å²) in [6, 6.07) is 15.6. The standard InChI is InChI=1S/C21H24N2O2S/c1-22(15-16-6-12-19(26-2)13-7-16)21(25)17-8-10-18(11-9-17)23-14-4-3-5-20(23)24/h6-13H,3-5,14-15H2,1-2H3. The lowest BCUT2D eigenvalue weighted by Gasteiger charge is -2.27. The van der Waals surface area contributed by atoms with E-state index in [1.165, 1.54) is 4.90 Å². The maximum absolute atomic E-state index is 12.7. The van der Waals surface area contributed by atoms with Crippen LogP contribution in [0.25, 0.3) is 0 Å². The second-order valence-electron chi connectivity index (χ2n) is 6.56. The van der Waals surface area contributed by atoms with Crippen molar-refractivity contribution in [2.45, 2.75) is 30.7 Å². The number of thioether (sulfide) groups is 1. The van der Waals surface area contributed by atoms with Gasteiger partial charge in [0, 0.05) is 42.7 Å². The fourth-order valence-corrected chi connectivity index (χ4v) is 3.57. The highest BCUT2D eigenvalue weighted by Gasteiger charge is 2.20. The zero-order valence-corrected chi connectivity index (χ0v) is 16.1. The Labute approximate surface area is 159 Å². The van der Waals surface area contributed by atoms with Crippen molar-refractivity contribution in [3.63, 3.8) is 0 Å². The van der Waals surface area contributed by atoms with Crippen molar-refractivity contribution in [3.05, 3.63) is 59.7 Å². The molecule has 3 rings (SSSR count). The molecule has 0 saturated carbocycles. The smallest absolute Gasteiger partial charge is 0.253 e. The molecule has 136 valence electrons. The first-order chi connectivity index (χ1) is 12.6. The van der Waals surface area contributed by atoms with E-state index in [1.54, 1.807) is 16.7 Å². The van der Waals surface area contributed by atoms with Crippen LogP contribution in [0.5, 0.6) is 0 Å². The molecule has 0 aromatic heterocycles. The number of carbonyl (C=O) groups excluding carboxylic acids is 2. The van der Waals surface area contributed by atoms with Gasteiger partial charge >= 0.3 is 0 Å². The summed E-state index contributed by atoms with van der Waals surface area (Å²) in [5.74, 6) is 0.150. The molecule has 1 aliphatic heterocycles. The lowest BCUT2D eigenvalue weighted by atomic mass is 10.1. The summed E-state index contributed by atoms with van der Waals surface area (Å²) in [4.78, 5) is 29.4. The monoisotopic (exact) mass is 368 g/mol. The normalized spacial score (nSPS) is 14.4. The number of piperidine rings is 1. The number of carbonyl (C=O) groups is 2. The number of rotatable bonds is 5. The Kier molecular flexibility index (Phi) is 5.99. The fourth-order valence-electron chi connectivity index (χ4n) is 3.16. The van der Waals surface area contributed by atoms with Crippen LogP contribution >= 0.6 is 11.8 Å². The van der Waals surface area contributed by atoms with Crippen LogP contribution in [-0.4, -0.2) is 36.6 Å². The van der Waals surface area contributed by atoms with Gasteiger partial charge in [0.15, 0.2) is 0 Å². The van der Waals surface area contributed by atoms with Crippen LogP contribution < -0.4 is 4.90 Å². The summed E-state index contributed by atoms with van der Waals surface area (Å²) in [6.45, 7) is 1.33. The molecule has 0 atom stereocenters. The highest BCUT2D eigenvalue weighted by molar-refractivity contribution is 7.98. The minimum absolute atomic E-state index is 0.0181. The van der Waals surface area contributed by atoms with Crippen molar-refractivity contribution in [1.29, 1.82) is 0 Å². The molecule has 1 aliphatic rings. The molecule has 4 nitrogen and oxygen atoms in total. The molecule has 26 heavy (non-hydrogen) atoms. The molecular weight excluding hydrogens is 344 g/mol. The molecule has 2 amide bonds. The van der Waals surface area contributed by atoms with Crippen LogP contribution in [0.4, 0.5) is 5.69 Å². The summed E-state index contributed by atoms with van der Waals surface area (Å²) in [6.07, 6.45) is 4.66. The largest absolute Gasteiger partial charge is 0.337 e. The molecule has 2 aromatic carbocycles.